The lowest BCUT2D eigenvalue weighted by molar-refractivity contribution is 0.509. The normalized spacial score (nSPS) is 10.5. The van der Waals surface area contributed by atoms with E-state index in [1.807, 2.05) is 13.8 Å². The molecule has 1 aromatic carbocycles. The van der Waals surface area contributed by atoms with Gasteiger partial charge in [-0.25, -0.2) is 18.7 Å². The summed E-state index contributed by atoms with van der Waals surface area (Å²) in [5.41, 5.74) is 1.12. The summed E-state index contributed by atoms with van der Waals surface area (Å²) in [7, 11) is 0. The van der Waals surface area contributed by atoms with E-state index in [9.17, 15) is 8.78 Å². The van der Waals surface area contributed by atoms with E-state index in [1.54, 1.807) is 6.07 Å². The Bertz CT molecular complexity index is 585. The zero-order chi connectivity index (χ0) is 13.8. The third kappa shape index (κ3) is 3.05. The second kappa shape index (κ2) is 5.73. The molecule has 0 aliphatic carbocycles. The summed E-state index contributed by atoms with van der Waals surface area (Å²) in [6.45, 7) is 4.64. The Labute approximate surface area is 110 Å². The van der Waals surface area contributed by atoms with Crippen molar-refractivity contribution in [1.29, 1.82) is 0 Å². The smallest absolute Gasteiger partial charge is 0.159 e. The van der Waals surface area contributed by atoms with Crippen molar-refractivity contribution < 1.29 is 8.78 Å². The Morgan fingerprint density at radius 3 is 2.47 bits per heavy atom. The molecule has 0 saturated carbocycles. The SMILES string of the molecule is CCNc1cc(-c2ccc(F)c(F)c2)nc(CC)n1. The van der Waals surface area contributed by atoms with Crippen LogP contribution in [-0.4, -0.2) is 16.5 Å². The van der Waals surface area contributed by atoms with Crippen LogP contribution in [0.15, 0.2) is 24.3 Å². The fraction of sp³-hybridized carbons (Fsp3) is 0.286. The van der Waals surface area contributed by atoms with Crippen molar-refractivity contribution in [2.45, 2.75) is 20.3 Å². The lowest BCUT2D eigenvalue weighted by atomic mass is 10.1. The highest BCUT2D eigenvalue weighted by Crippen LogP contribution is 2.22. The molecule has 0 aliphatic rings. The molecular weight excluding hydrogens is 248 g/mol. The zero-order valence-corrected chi connectivity index (χ0v) is 10.9. The second-order valence-electron chi connectivity index (χ2n) is 4.07. The molecule has 1 heterocycles. The molecular formula is C14H15F2N3. The number of hydrogen-bond donors (Lipinski definition) is 1. The van der Waals surface area contributed by atoms with E-state index in [0.717, 1.165) is 18.7 Å². The van der Waals surface area contributed by atoms with Gasteiger partial charge >= 0.3 is 0 Å². The second-order valence-corrected chi connectivity index (χ2v) is 4.07. The number of benzene rings is 1. The van der Waals surface area contributed by atoms with Gasteiger partial charge < -0.3 is 5.32 Å². The summed E-state index contributed by atoms with van der Waals surface area (Å²) < 4.78 is 26.2. The Kier molecular flexibility index (Phi) is 4.04. The quantitative estimate of drug-likeness (QED) is 0.918. The van der Waals surface area contributed by atoms with Crippen LogP contribution >= 0.6 is 0 Å². The molecule has 3 nitrogen and oxygen atoms in total. The Hall–Kier alpha value is -2.04. The van der Waals surface area contributed by atoms with Crippen LogP contribution in [0.2, 0.25) is 0 Å². The molecule has 2 rings (SSSR count). The fourth-order valence-corrected chi connectivity index (χ4v) is 1.73. The third-order valence-corrected chi connectivity index (χ3v) is 2.66. The maximum atomic E-state index is 13.3. The number of halogens is 2. The fourth-order valence-electron chi connectivity index (χ4n) is 1.73. The van der Waals surface area contributed by atoms with E-state index in [0.29, 0.717) is 29.3 Å². The lowest BCUT2D eigenvalue weighted by Crippen LogP contribution is -2.04. The van der Waals surface area contributed by atoms with Crippen molar-refractivity contribution in [1.82, 2.24) is 9.97 Å². The molecule has 1 N–H and O–H groups in total. The molecule has 2 aromatic rings. The average Bonchev–Trinajstić information content (AvgIpc) is 2.42. The third-order valence-electron chi connectivity index (χ3n) is 2.66. The van der Waals surface area contributed by atoms with Gasteiger partial charge in [-0.3, -0.25) is 0 Å². The van der Waals surface area contributed by atoms with Gasteiger partial charge in [0, 0.05) is 24.6 Å². The molecule has 0 spiro atoms. The largest absolute Gasteiger partial charge is 0.370 e. The number of anilines is 1. The summed E-state index contributed by atoms with van der Waals surface area (Å²) in [5.74, 6) is -0.383. The monoisotopic (exact) mass is 263 g/mol. The Balaban J connectivity index is 2.47. The highest BCUT2D eigenvalue weighted by atomic mass is 19.2. The molecule has 1 aromatic heterocycles. The molecule has 0 aliphatic heterocycles. The maximum absolute atomic E-state index is 13.3. The molecule has 100 valence electrons. The number of aryl methyl sites for hydroxylation is 1. The van der Waals surface area contributed by atoms with Crippen LogP contribution in [0.25, 0.3) is 11.3 Å². The van der Waals surface area contributed by atoms with Crippen LogP contribution < -0.4 is 5.32 Å². The Morgan fingerprint density at radius 2 is 1.84 bits per heavy atom. The van der Waals surface area contributed by atoms with Crippen molar-refractivity contribution >= 4 is 5.82 Å². The molecule has 0 fully saturated rings. The number of hydrogen-bond acceptors (Lipinski definition) is 3. The zero-order valence-electron chi connectivity index (χ0n) is 10.9. The van der Waals surface area contributed by atoms with Crippen LogP contribution in [0.4, 0.5) is 14.6 Å². The van der Waals surface area contributed by atoms with Crippen molar-refractivity contribution in [3.05, 3.63) is 41.7 Å². The first kappa shape index (κ1) is 13.4. The van der Waals surface area contributed by atoms with Crippen LogP contribution in [0.1, 0.15) is 19.7 Å². The van der Waals surface area contributed by atoms with Crippen molar-refractivity contribution in [3.8, 4) is 11.3 Å². The highest BCUT2D eigenvalue weighted by molar-refractivity contribution is 5.62. The summed E-state index contributed by atoms with van der Waals surface area (Å²) in [4.78, 5) is 8.65. The van der Waals surface area contributed by atoms with Crippen LogP contribution in [-0.2, 0) is 6.42 Å². The first-order valence-electron chi connectivity index (χ1n) is 6.21. The number of rotatable bonds is 4. The van der Waals surface area contributed by atoms with Crippen LogP contribution in [0.3, 0.4) is 0 Å². The molecule has 0 saturated heterocycles. The van der Waals surface area contributed by atoms with Gasteiger partial charge in [-0.2, -0.15) is 0 Å². The van der Waals surface area contributed by atoms with Crippen molar-refractivity contribution in [2.24, 2.45) is 0 Å². The average molecular weight is 263 g/mol. The first-order valence-corrected chi connectivity index (χ1v) is 6.21. The summed E-state index contributed by atoms with van der Waals surface area (Å²) >= 11 is 0. The molecule has 0 amide bonds. The summed E-state index contributed by atoms with van der Waals surface area (Å²) in [6.07, 6.45) is 0.676. The molecule has 0 atom stereocenters. The number of nitrogens with one attached hydrogen (secondary N) is 1. The van der Waals surface area contributed by atoms with Gasteiger partial charge in [0.2, 0.25) is 0 Å². The van der Waals surface area contributed by atoms with Gasteiger partial charge in [-0.15, -0.1) is 0 Å². The Morgan fingerprint density at radius 1 is 1.05 bits per heavy atom. The molecule has 0 unspecified atom stereocenters. The topological polar surface area (TPSA) is 37.8 Å². The minimum Gasteiger partial charge on any atom is -0.370 e. The highest BCUT2D eigenvalue weighted by Gasteiger charge is 2.08. The predicted molar refractivity (Wildman–Crippen MR) is 70.9 cm³/mol. The minimum atomic E-state index is -0.876. The molecule has 19 heavy (non-hydrogen) atoms. The first-order chi connectivity index (χ1) is 9.13. The van der Waals surface area contributed by atoms with Crippen LogP contribution in [0, 0.1) is 11.6 Å². The van der Waals surface area contributed by atoms with Gasteiger partial charge in [0.15, 0.2) is 11.6 Å². The van der Waals surface area contributed by atoms with Crippen molar-refractivity contribution in [2.75, 3.05) is 11.9 Å². The van der Waals surface area contributed by atoms with E-state index >= 15 is 0 Å². The van der Waals surface area contributed by atoms with Gasteiger partial charge in [-0.1, -0.05) is 6.92 Å². The van der Waals surface area contributed by atoms with Gasteiger partial charge in [0.05, 0.1) is 5.69 Å². The van der Waals surface area contributed by atoms with E-state index < -0.39 is 11.6 Å². The number of nitrogens with zero attached hydrogens (tertiary/aromatic N) is 2. The van der Waals surface area contributed by atoms with Gasteiger partial charge in [0.25, 0.3) is 0 Å². The summed E-state index contributed by atoms with van der Waals surface area (Å²) in [6, 6.07) is 5.49. The van der Waals surface area contributed by atoms with Gasteiger partial charge in [-0.05, 0) is 25.1 Å². The summed E-state index contributed by atoms with van der Waals surface area (Å²) in [5, 5.41) is 3.10. The maximum Gasteiger partial charge on any atom is 0.159 e. The van der Waals surface area contributed by atoms with Crippen LogP contribution in [0.5, 0.6) is 0 Å². The van der Waals surface area contributed by atoms with E-state index in [4.69, 9.17) is 0 Å². The standard InChI is InChI=1S/C14H15F2N3/c1-3-13-18-12(8-14(19-13)17-4-2)9-5-6-10(15)11(16)7-9/h5-8H,3-4H2,1-2H3,(H,17,18,19). The van der Waals surface area contributed by atoms with E-state index in [2.05, 4.69) is 15.3 Å². The number of aromatic nitrogens is 2. The molecule has 5 heteroatoms. The molecule has 0 bridgehead atoms. The predicted octanol–water partition coefficient (Wildman–Crippen LogP) is 3.42. The lowest BCUT2D eigenvalue weighted by Gasteiger charge is -2.08. The van der Waals surface area contributed by atoms with E-state index in [1.165, 1.54) is 6.07 Å². The van der Waals surface area contributed by atoms with Gasteiger partial charge in [0.1, 0.15) is 11.6 Å². The minimum absolute atomic E-state index is 0.537. The molecule has 0 radical (unpaired) electrons. The van der Waals surface area contributed by atoms with Crippen molar-refractivity contribution in [3.63, 3.8) is 0 Å². The van der Waals surface area contributed by atoms with E-state index in [-0.39, 0.29) is 0 Å².